The fourth-order valence-electron chi connectivity index (χ4n) is 3.01. The summed E-state index contributed by atoms with van der Waals surface area (Å²) in [6, 6.07) is 12.6. The van der Waals surface area contributed by atoms with Crippen LogP contribution in [0.1, 0.15) is 31.0 Å². The maximum Gasteiger partial charge on any atom is 0.338 e. The van der Waals surface area contributed by atoms with Gasteiger partial charge in [-0.1, -0.05) is 36.4 Å². The molecule has 1 unspecified atom stereocenters. The Labute approximate surface area is 161 Å². The third-order valence-corrected chi connectivity index (χ3v) is 4.31. The Hall–Kier alpha value is -3.68. The molecule has 0 saturated carbocycles. The minimum Gasteiger partial charge on any atom is -0.502 e. The van der Waals surface area contributed by atoms with Crippen molar-refractivity contribution in [3.63, 3.8) is 0 Å². The van der Waals surface area contributed by atoms with Crippen molar-refractivity contribution < 1.29 is 19.6 Å². The lowest BCUT2D eigenvalue weighted by Gasteiger charge is -2.28. The van der Waals surface area contributed by atoms with E-state index in [4.69, 9.17) is 4.74 Å². The van der Waals surface area contributed by atoms with Gasteiger partial charge in [0.2, 0.25) is 0 Å². The third kappa shape index (κ3) is 3.71. The van der Waals surface area contributed by atoms with Crippen molar-refractivity contribution >= 4 is 17.5 Å². The van der Waals surface area contributed by atoms with Gasteiger partial charge < -0.3 is 15.2 Å². The molecule has 2 N–H and O–H groups in total. The highest BCUT2D eigenvalue weighted by molar-refractivity contribution is 6.03. The molecule has 0 saturated heterocycles. The first-order valence-electron chi connectivity index (χ1n) is 8.68. The van der Waals surface area contributed by atoms with Crippen LogP contribution in [0.3, 0.4) is 0 Å². The monoisotopic (exact) mass is 381 g/mol. The van der Waals surface area contributed by atoms with Crippen LogP contribution in [0.15, 0.2) is 64.8 Å². The molecule has 28 heavy (non-hydrogen) atoms. The van der Waals surface area contributed by atoms with E-state index in [-0.39, 0.29) is 12.2 Å². The molecule has 2 aromatic rings. The van der Waals surface area contributed by atoms with Crippen molar-refractivity contribution in [3.8, 4) is 5.75 Å². The molecule has 0 aliphatic carbocycles. The number of nitrogens with one attached hydrogen (secondary N) is 1. The Morgan fingerprint density at radius 3 is 2.64 bits per heavy atom. The summed E-state index contributed by atoms with van der Waals surface area (Å²) in [5.74, 6) is -0.462. The van der Waals surface area contributed by atoms with Gasteiger partial charge in [-0.15, -0.1) is 0 Å². The summed E-state index contributed by atoms with van der Waals surface area (Å²) in [7, 11) is 0. The van der Waals surface area contributed by atoms with E-state index >= 15 is 0 Å². The number of ether oxygens (including phenoxy) is 1. The number of aromatic hydroxyl groups is 1. The second kappa shape index (κ2) is 7.91. The molecule has 0 radical (unpaired) electrons. The smallest absolute Gasteiger partial charge is 0.338 e. The molecule has 0 amide bonds. The summed E-state index contributed by atoms with van der Waals surface area (Å²) < 4.78 is 5.16. The predicted octanol–water partition coefficient (Wildman–Crippen LogP) is 3.23. The molecule has 0 fully saturated rings. The largest absolute Gasteiger partial charge is 0.502 e. The van der Waals surface area contributed by atoms with E-state index in [1.165, 1.54) is 18.2 Å². The fraction of sp³-hybridized carbons (Fsp3) is 0.200. The second-order valence-corrected chi connectivity index (χ2v) is 6.13. The van der Waals surface area contributed by atoms with Gasteiger partial charge in [-0.3, -0.25) is 10.1 Å². The van der Waals surface area contributed by atoms with E-state index in [2.05, 4.69) is 10.3 Å². The molecule has 8 heteroatoms. The van der Waals surface area contributed by atoms with Gasteiger partial charge in [-0.05, 0) is 25.5 Å². The zero-order valence-corrected chi connectivity index (χ0v) is 15.4. The Bertz CT molecular complexity index is 983. The average molecular weight is 381 g/mol. The Kier molecular flexibility index (Phi) is 5.39. The number of esters is 1. The predicted molar refractivity (Wildman–Crippen MR) is 103 cm³/mol. The van der Waals surface area contributed by atoms with Gasteiger partial charge in [-0.2, -0.15) is 0 Å². The third-order valence-electron chi connectivity index (χ3n) is 4.31. The molecule has 0 aromatic heterocycles. The van der Waals surface area contributed by atoms with Crippen molar-refractivity contribution in [3.05, 3.63) is 81.0 Å². The summed E-state index contributed by atoms with van der Waals surface area (Å²) in [6.45, 7) is 3.58. The first kappa shape index (κ1) is 19.1. The lowest BCUT2D eigenvalue weighted by molar-refractivity contribution is -0.385. The number of nitro benzene ring substituents is 1. The van der Waals surface area contributed by atoms with Crippen molar-refractivity contribution in [2.75, 3.05) is 6.61 Å². The maximum atomic E-state index is 12.5. The number of allylic oxidation sites excluding steroid dienone is 1. The lowest BCUT2D eigenvalue weighted by Crippen LogP contribution is -2.36. The van der Waals surface area contributed by atoms with E-state index in [0.29, 0.717) is 17.1 Å². The molecule has 0 spiro atoms. The molecule has 0 bridgehead atoms. The number of hydrogen-bond acceptors (Lipinski definition) is 7. The van der Waals surface area contributed by atoms with E-state index in [1.54, 1.807) is 13.8 Å². The van der Waals surface area contributed by atoms with Gasteiger partial charge in [0, 0.05) is 11.6 Å². The minimum absolute atomic E-state index is 0.188. The van der Waals surface area contributed by atoms with E-state index in [0.717, 1.165) is 5.56 Å². The summed E-state index contributed by atoms with van der Waals surface area (Å²) in [6.07, 6.45) is 0. The zero-order chi connectivity index (χ0) is 20.3. The minimum atomic E-state index is -0.717. The molecule has 8 nitrogen and oxygen atoms in total. The van der Waals surface area contributed by atoms with Gasteiger partial charge in [0.1, 0.15) is 5.84 Å². The maximum absolute atomic E-state index is 12.5. The summed E-state index contributed by atoms with van der Waals surface area (Å²) in [5.41, 5.74) is 1.53. The number of carbonyl (C=O) groups is 1. The number of aliphatic imine (C=N–C) groups is 1. The highest BCUT2D eigenvalue weighted by Crippen LogP contribution is 2.35. The Morgan fingerprint density at radius 2 is 2.00 bits per heavy atom. The second-order valence-electron chi connectivity index (χ2n) is 6.13. The topological polar surface area (TPSA) is 114 Å². The molecule has 3 rings (SSSR count). The standard InChI is InChI=1S/C20H19N3O5/c1-3-28-20(25)17-12(2)21-19(13-7-5-4-6-8-13)22-18(17)14-9-10-16(24)15(11-14)23(26)27/h4-11,18,24H,3H2,1-2H3,(H,21,22). The molecule has 2 aromatic carbocycles. The SMILES string of the molecule is CCOC(=O)C1=C(C)N=C(c2ccccc2)NC1c1ccc(O)c([N+](=O)[O-])c1. The molecule has 1 aliphatic heterocycles. The van der Waals surface area contributed by atoms with Crippen molar-refractivity contribution in [2.45, 2.75) is 19.9 Å². The summed E-state index contributed by atoms with van der Waals surface area (Å²) in [5, 5.41) is 24.2. The van der Waals surface area contributed by atoms with Gasteiger partial charge >= 0.3 is 11.7 Å². The van der Waals surface area contributed by atoms with Gasteiger partial charge in [0.15, 0.2) is 5.75 Å². The molecule has 1 heterocycles. The number of benzene rings is 2. The highest BCUT2D eigenvalue weighted by Gasteiger charge is 2.32. The van der Waals surface area contributed by atoms with Crippen LogP contribution in [0.5, 0.6) is 5.75 Å². The number of amidine groups is 1. The van der Waals surface area contributed by atoms with Crippen LogP contribution in [0.4, 0.5) is 5.69 Å². The number of phenolic OH excluding ortho intramolecular Hbond substituents is 1. The summed E-state index contributed by atoms with van der Waals surface area (Å²) >= 11 is 0. The first-order chi connectivity index (χ1) is 13.4. The van der Waals surface area contributed by atoms with Gasteiger partial charge in [0.05, 0.1) is 28.8 Å². The number of phenols is 1. The quantitative estimate of drug-likeness (QED) is 0.467. The van der Waals surface area contributed by atoms with Gasteiger partial charge in [-0.25, -0.2) is 9.79 Å². The van der Waals surface area contributed by atoms with Crippen LogP contribution in [0.2, 0.25) is 0 Å². The van der Waals surface area contributed by atoms with E-state index < -0.39 is 28.4 Å². The van der Waals surface area contributed by atoms with Crippen molar-refractivity contribution in [1.82, 2.24) is 5.32 Å². The van der Waals surface area contributed by atoms with Crippen LogP contribution >= 0.6 is 0 Å². The molecular weight excluding hydrogens is 362 g/mol. The molecular formula is C20H19N3O5. The number of rotatable bonds is 5. The number of hydrogen-bond donors (Lipinski definition) is 2. The van der Waals surface area contributed by atoms with Gasteiger partial charge in [0.25, 0.3) is 0 Å². The van der Waals surface area contributed by atoms with Crippen LogP contribution in [-0.2, 0) is 9.53 Å². The van der Waals surface area contributed by atoms with Crippen LogP contribution in [0.25, 0.3) is 0 Å². The normalized spacial score (nSPS) is 16.2. The Balaban J connectivity index is 2.12. The first-order valence-corrected chi connectivity index (χ1v) is 8.68. The fourth-order valence-corrected chi connectivity index (χ4v) is 3.01. The molecule has 1 atom stereocenters. The van der Waals surface area contributed by atoms with E-state index in [9.17, 15) is 20.0 Å². The van der Waals surface area contributed by atoms with Crippen molar-refractivity contribution in [1.29, 1.82) is 0 Å². The molecule has 144 valence electrons. The lowest BCUT2D eigenvalue weighted by atomic mass is 9.94. The molecule has 1 aliphatic rings. The van der Waals surface area contributed by atoms with Crippen LogP contribution < -0.4 is 5.32 Å². The van der Waals surface area contributed by atoms with Crippen LogP contribution in [0, 0.1) is 10.1 Å². The highest BCUT2D eigenvalue weighted by atomic mass is 16.6. The number of nitro groups is 1. The number of nitrogens with zero attached hydrogens (tertiary/aromatic N) is 2. The van der Waals surface area contributed by atoms with Crippen LogP contribution in [-0.4, -0.2) is 28.4 Å². The number of carbonyl (C=O) groups excluding carboxylic acids is 1. The average Bonchev–Trinajstić information content (AvgIpc) is 2.68. The zero-order valence-electron chi connectivity index (χ0n) is 15.4. The van der Waals surface area contributed by atoms with E-state index in [1.807, 2.05) is 30.3 Å². The van der Waals surface area contributed by atoms with Crippen molar-refractivity contribution in [2.24, 2.45) is 4.99 Å². The summed E-state index contributed by atoms with van der Waals surface area (Å²) in [4.78, 5) is 27.6. The Morgan fingerprint density at radius 1 is 1.29 bits per heavy atom.